The molecule has 0 spiro atoms. The fraction of sp³-hybridized carbons (Fsp3) is 0.350. The van der Waals surface area contributed by atoms with Crippen molar-refractivity contribution < 1.29 is 25.2 Å². The Kier molecular flexibility index (Phi) is 6.20. The maximum Gasteiger partial charge on any atom is 0.255 e. The number of β-amino-alcohol motifs (C(OH)–C–C–N with tert-alkyl or cyclic N) is 1. The number of hydrogen-bond donors (Lipinski definition) is 5. The van der Waals surface area contributed by atoms with Gasteiger partial charge < -0.3 is 25.7 Å². The number of carbonyl (C=O) groups excluding carboxylic acids is 1. The predicted molar refractivity (Wildman–Crippen MR) is 100 cm³/mol. The molecule has 0 aromatic heterocycles. The summed E-state index contributed by atoms with van der Waals surface area (Å²) in [6.07, 6.45) is -3.57. The number of aliphatic hydroxyl groups excluding tert-OH is 4. The number of rotatable bonds is 5. The Bertz CT molecular complexity index is 753. The van der Waals surface area contributed by atoms with Crippen LogP contribution in [0.4, 0.5) is 5.69 Å². The SMILES string of the molecule is O=C(Nc1ccc(CN2C[C@H](O)C(O)[C@H](O)[C@@H]2CO)cc1)c1ccccc1. The molecular weight excluding hydrogens is 348 g/mol. The van der Waals surface area contributed by atoms with E-state index in [-0.39, 0.29) is 19.1 Å². The van der Waals surface area contributed by atoms with Crippen LogP contribution in [0.25, 0.3) is 0 Å². The van der Waals surface area contributed by atoms with E-state index < -0.39 is 24.4 Å². The van der Waals surface area contributed by atoms with Gasteiger partial charge in [0.2, 0.25) is 0 Å². The zero-order valence-corrected chi connectivity index (χ0v) is 14.8. The quantitative estimate of drug-likeness (QED) is 0.512. The lowest BCUT2D eigenvalue weighted by atomic mass is 9.93. The summed E-state index contributed by atoms with van der Waals surface area (Å²) >= 11 is 0. The van der Waals surface area contributed by atoms with Crippen LogP contribution in [0.5, 0.6) is 0 Å². The fourth-order valence-corrected chi connectivity index (χ4v) is 3.28. The first-order chi connectivity index (χ1) is 13.0. The number of nitrogens with one attached hydrogen (secondary N) is 1. The van der Waals surface area contributed by atoms with Gasteiger partial charge in [-0.25, -0.2) is 0 Å². The standard InChI is InChI=1S/C20H24N2O5/c23-12-16-18(25)19(26)17(24)11-22(16)10-13-6-8-15(9-7-13)21-20(27)14-4-2-1-3-5-14/h1-9,16-19,23-26H,10-12H2,(H,21,27)/t16-,17-,18+,19?/m0/s1. The van der Waals surface area contributed by atoms with E-state index in [1.54, 1.807) is 41.3 Å². The first kappa shape index (κ1) is 19.5. The average Bonchev–Trinajstić information content (AvgIpc) is 2.68. The molecule has 27 heavy (non-hydrogen) atoms. The Morgan fingerprint density at radius 3 is 2.30 bits per heavy atom. The minimum Gasteiger partial charge on any atom is -0.395 e. The Balaban J connectivity index is 1.64. The maximum atomic E-state index is 12.2. The number of benzene rings is 2. The highest BCUT2D eigenvalue weighted by Gasteiger charge is 2.40. The van der Waals surface area contributed by atoms with Crippen molar-refractivity contribution in [2.24, 2.45) is 0 Å². The van der Waals surface area contributed by atoms with Crippen molar-refractivity contribution in [3.05, 3.63) is 65.7 Å². The van der Waals surface area contributed by atoms with Crippen LogP contribution in [-0.2, 0) is 6.54 Å². The minimum atomic E-state index is -1.27. The van der Waals surface area contributed by atoms with Gasteiger partial charge in [0.05, 0.1) is 18.8 Å². The molecule has 0 radical (unpaired) electrons. The van der Waals surface area contributed by atoms with E-state index in [0.29, 0.717) is 17.8 Å². The van der Waals surface area contributed by atoms with Crippen molar-refractivity contribution >= 4 is 11.6 Å². The highest BCUT2D eigenvalue weighted by Crippen LogP contribution is 2.22. The molecule has 144 valence electrons. The van der Waals surface area contributed by atoms with Crippen LogP contribution in [0.15, 0.2) is 54.6 Å². The van der Waals surface area contributed by atoms with Crippen LogP contribution in [0.3, 0.4) is 0 Å². The number of piperidine rings is 1. The Hall–Kier alpha value is -2.29. The molecule has 1 saturated heterocycles. The van der Waals surface area contributed by atoms with E-state index >= 15 is 0 Å². The second-order valence-electron chi connectivity index (χ2n) is 6.74. The van der Waals surface area contributed by atoms with Crippen molar-refractivity contribution in [1.29, 1.82) is 0 Å². The summed E-state index contributed by atoms with van der Waals surface area (Å²) < 4.78 is 0. The fourth-order valence-electron chi connectivity index (χ4n) is 3.28. The molecule has 7 nitrogen and oxygen atoms in total. The lowest BCUT2D eigenvalue weighted by Gasteiger charge is -2.43. The molecule has 1 heterocycles. The monoisotopic (exact) mass is 372 g/mol. The summed E-state index contributed by atoms with van der Waals surface area (Å²) in [4.78, 5) is 13.9. The van der Waals surface area contributed by atoms with Crippen molar-refractivity contribution in [2.45, 2.75) is 30.9 Å². The van der Waals surface area contributed by atoms with Gasteiger partial charge in [-0.15, -0.1) is 0 Å². The van der Waals surface area contributed by atoms with Crippen molar-refractivity contribution in [3.8, 4) is 0 Å². The molecule has 2 aromatic rings. The van der Waals surface area contributed by atoms with Gasteiger partial charge in [-0.1, -0.05) is 30.3 Å². The van der Waals surface area contributed by atoms with Crippen molar-refractivity contribution in [2.75, 3.05) is 18.5 Å². The number of anilines is 1. The van der Waals surface area contributed by atoms with E-state index in [1.807, 2.05) is 18.2 Å². The van der Waals surface area contributed by atoms with Gasteiger partial charge in [-0.3, -0.25) is 9.69 Å². The summed E-state index contributed by atoms with van der Waals surface area (Å²) in [6, 6.07) is 15.5. The summed E-state index contributed by atoms with van der Waals surface area (Å²) in [6.45, 7) is 0.213. The van der Waals surface area contributed by atoms with E-state index in [0.717, 1.165) is 5.56 Å². The van der Waals surface area contributed by atoms with Crippen LogP contribution in [0, 0.1) is 0 Å². The smallest absolute Gasteiger partial charge is 0.255 e. The van der Waals surface area contributed by atoms with Crippen molar-refractivity contribution in [3.63, 3.8) is 0 Å². The topological polar surface area (TPSA) is 113 Å². The summed E-state index contributed by atoms with van der Waals surface area (Å²) in [5.41, 5.74) is 2.12. The molecule has 2 aromatic carbocycles. The summed E-state index contributed by atoms with van der Waals surface area (Å²) in [5, 5.41) is 42.0. The molecule has 0 saturated carbocycles. The minimum absolute atomic E-state index is 0.149. The molecule has 1 aliphatic heterocycles. The van der Waals surface area contributed by atoms with Crippen LogP contribution in [0.2, 0.25) is 0 Å². The lowest BCUT2D eigenvalue weighted by molar-refractivity contribution is -0.147. The second-order valence-corrected chi connectivity index (χ2v) is 6.74. The summed E-state index contributed by atoms with van der Waals surface area (Å²) in [5.74, 6) is -0.194. The van der Waals surface area contributed by atoms with Gasteiger partial charge in [-0.05, 0) is 29.8 Å². The highest BCUT2D eigenvalue weighted by molar-refractivity contribution is 6.04. The Morgan fingerprint density at radius 2 is 1.67 bits per heavy atom. The zero-order chi connectivity index (χ0) is 19.4. The zero-order valence-electron chi connectivity index (χ0n) is 14.8. The van der Waals surface area contributed by atoms with Crippen LogP contribution < -0.4 is 5.32 Å². The van der Waals surface area contributed by atoms with Gasteiger partial charge in [0.15, 0.2) is 0 Å². The first-order valence-electron chi connectivity index (χ1n) is 8.84. The number of aliphatic hydroxyl groups is 4. The van der Waals surface area contributed by atoms with Crippen LogP contribution in [0.1, 0.15) is 15.9 Å². The van der Waals surface area contributed by atoms with E-state index in [2.05, 4.69) is 5.32 Å². The van der Waals surface area contributed by atoms with Gasteiger partial charge in [0, 0.05) is 24.3 Å². The Morgan fingerprint density at radius 1 is 1.00 bits per heavy atom. The van der Waals surface area contributed by atoms with E-state index in [1.165, 1.54) is 0 Å². The number of hydrogen-bond acceptors (Lipinski definition) is 6. The number of amides is 1. The molecule has 5 N–H and O–H groups in total. The molecule has 1 amide bonds. The third-order valence-electron chi connectivity index (χ3n) is 4.85. The number of likely N-dealkylation sites (tertiary alicyclic amines) is 1. The molecule has 4 atom stereocenters. The molecule has 1 aliphatic rings. The average molecular weight is 372 g/mol. The van der Waals surface area contributed by atoms with Crippen molar-refractivity contribution in [1.82, 2.24) is 4.90 Å². The largest absolute Gasteiger partial charge is 0.395 e. The third-order valence-corrected chi connectivity index (χ3v) is 4.85. The van der Waals surface area contributed by atoms with Crippen LogP contribution in [-0.4, -0.2) is 68.7 Å². The normalized spacial score (nSPS) is 25.9. The number of carbonyl (C=O) groups is 1. The molecule has 7 heteroatoms. The molecule has 0 bridgehead atoms. The maximum absolute atomic E-state index is 12.2. The molecule has 1 fully saturated rings. The number of nitrogens with zero attached hydrogens (tertiary/aromatic N) is 1. The molecule has 1 unspecified atom stereocenters. The van der Waals surface area contributed by atoms with Crippen LogP contribution >= 0.6 is 0 Å². The highest BCUT2D eigenvalue weighted by atomic mass is 16.4. The van der Waals surface area contributed by atoms with Gasteiger partial charge in [-0.2, -0.15) is 0 Å². The second kappa shape index (κ2) is 8.60. The van der Waals surface area contributed by atoms with Gasteiger partial charge >= 0.3 is 0 Å². The van der Waals surface area contributed by atoms with E-state index in [4.69, 9.17) is 0 Å². The lowest BCUT2D eigenvalue weighted by Crippen LogP contribution is -2.62. The van der Waals surface area contributed by atoms with Gasteiger partial charge in [0.1, 0.15) is 12.2 Å². The summed E-state index contributed by atoms with van der Waals surface area (Å²) in [7, 11) is 0. The predicted octanol–water partition coefficient (Wildman–Crippen LogP) is 0.198. The first-order valence-corrected chi connectivity index (χ1v) is 8.84. The molecule has 0 aliphatic carbocycles. The van der Waals surface area contributed by atoms with E-state index in [9.17, 15) is 25.2 Å². The molecule has 3 rings (SSSR count). The Labute approximate surface area is 157 Å². The third kappa shape index (κ3) is 4.52. The van der Waals surface area contributed by atoms with Gasteiger partial charge in [0.25, 0.3) is 5.91 Å². The molecular formula is C20H24N2O5.